The quantitative estimate of drug-likeness (QED) is 0.268. The van der Waals surface area contributed by atoms with Crippen molar-refractivity contribution in [1.82, 2.24) is 9.80 Å². The zero-order valence-electron chi connectivity index (χ0n) is 22.2. The molecule has 0 saturated carbocycles. The Labute approximate surface area is 214 Å². The van der Waals surface area contributed by atoms with Gasteiger partial charge in [-0.3, -0.25) is 9.59 Å². The van der Waals surface area contributed by atoms with Crippen LogP contribution in [0.5, 0.6) is 11.5 Å². The molecule has 2 aromatic carbocycles. The Kier molecular flexibility index (Phi) is 9.15. The van der Waals surface area contributed by atoms with E-state index in [2.05, 4.69) is 18.7 Å². The van der Waals surface area contributed by atoms with E-state index < -0.39 is 17.7 Å². The summed E-state index contributed by atoms with van der Waals surface area (Å²) in [5.41, 5.74) is 1.25. The molecule has 0 spiro atoms. The summed E-state index contributed by atoms with van der Waals surface area (Å²) >= 11 is 0. The predicted molar refractivity (Wildman–Crippen MR) is 141 cm³/mol. The zero-order chi connectivity index (χ0) is 26.4. The first kappa shape index (κ1) is 27.3. The van der Waals surface area contributed by atoms with Gasteiger partial charge >= 0.3 is 0 Å². The lowest BCUT2D eigenvalue weighted by Gasteiger charge is -2.28. The third-order valence-electron chi connectivity index (χ3n) is 6.14. The van der Waals surface area contributed by atoms with E-state index in [1.165, 1.54) is 0 Å². The molecule has 1 saturated heterocycles. The monoisotopic (exact) mass is 494 g/mol. The summed E-state index contributed by atoms with van der Waals surface area (Å²) in [5, 5.41) is 11.3. The Hall–Kier alpha value is -3.32. The van der Waals surface area contributed by atoms with Gasteiger partial charge in [-0.1, -0.05) is 26.0 Å². The van der Waals surface area contributed by atoms with Crippen LogP contribution in [0.1, 0.15) is 58.7 Å². The molecule has 7 nitrogen and oxygen atoms in total. The van der Waals surface area contributed by atoms with Crippen LogP contribution in [0, 0.1) is 0 Å². The standard InChI is InChI=1S/C29H38N2O5/c1-7-30(8-2)16-17-31-26(22-10-9-11-24(18-22)36-20(5)6)25(28(33)29(31)34)27(32)21-12-14-23(15-13-21)35-19(3)4/h9-15,18-20,26,32H,7-8,16-17H2,1-6H3/b27-25-. The molecule has 1 heterocycles. The van der Waals surface area contributed by atoms with E-state index in [0.29, 0.717) is 35.7 Å². The topological polar surface area (TPSA) is 79.3 Å². The van der Waals surface area contributed by atoms with Crippen LogP contribution >= 0.6 is 0 Å². The van der Waals surface area contributed by atoms with Crippen LogP contribution in [0.4, 0.5) is 0 Å². The Morgan fingerprint density at radius 2 is 1.56 bits per heavy atom. The van der Waals surface area contributed by atoms with Gasteiger partial charge in [0, 0.05) is 18.7 Å². The van der Waals surface area contributed by atoms with Gasteiger partial charge in [0.25, 0.3) is 11.7 Å². The Bertz CT molecular complexity index is 1090. The van der Waals surface area contributed by atoms with Crippen LogP contribution in [-0.2, 0) is 9.59 Å². The molecule has 1 N–H and O–H groups in total. The molecule has 0 aromatic heterocycles. The lowest BCUT2D eigenvalue weighted by Crippen LogP contribution is -2.38. The van der Waals surface area contributed by atoms with Crippen LogP contribution in [0.2, 0.25) is 0 Å². The normalized spacial score (nSPS) is 17.5. The molecule has 36 heavy (non-hydrogen) atoms. The van der Waals surface area contributed by atoms with Crippen LogP contribution in [0.15, 0.2) is 54.1 Å². The molecular formula is C29H38N2O5. The second kappa shape index (κ2) is 12.1. The molecule has 1 aliphatic rings. The van der Waals surface area contributed by atoms with Gasteiger partial charge in [0.05, 0.1) is 23.8 Å². The molecule has 1 aliphatic heterocycles. The summed E-state index contributed by atoms with van der Waals surface area (Å²) in [5.74, 6) is -0.184. The van der Waals surface area contributed by atoms with Gasteiger partial charge in [-0.15, -0.1) is 0 Å². The number of hydrogen-bond acceptors (Lipinski definition) is 6. The van der Waals surface area contributed by atoms with Crippen molar-refractivity contribution in [3.8, 4) is 11.5 Å². The molecule has 194 valence electrons. The van der Waals surface area contributed by atoms with E-state index in [1.807, 2.05) is 52.0 Å². The maximum atomic E-state index is 13.3. The average Bonchev–Trinajstić information content (AvgIpc) is 3.09. The molecular weight excluding hydrogens is 456 g/mol. The Morgan fingerprint density at radius 1 is 0.944 bits per heavy atom. The second-order valence-electron chi connectivity index (χ2n) is 9.45. The number of likely N-dealkylation sites (tertiary alicyclic amines) is 1. The van der Waals surface area contributed by atoms with Gasteiger partial charge in [-0.2, -0.15) is 0 Å². The molecule has 0 radical (unpaired) electrons. The van der Waals surface area contributed by atoms with Gasteiger partial charge in [-0.25, -0.2) is 0 Å². The molecule has 1 amide bonds. The van der Waals surface area contributed by atoms with Crippen molar-refractivity contribution >= 4 is 17.4 Å². The molecule has 1 fully saturated rings. The number of carbonyl (C=O) groups excluding carboxylic acids is 2. The Morgan fingerprint density at radius 3 is 2.14 bits per heavy atom. The number of aliphatic hydroxyl groups excluding tert-OH is 1. The van der Waals surface area contributed by atoms with Gasteiger partial charge in [0.2, 0.25) is 0 Å². The smallest absolute Gasteiger partial charge is 0.295 e. The number of amides is 1. The first-order valence-electron chi connectivity index (χ1n) is 12.7. The van der Waals surface area contributed by atoms with E-state index in [9.17, 15) is 14.7 Å². The number of hydrogen-bond donors (Lipinski definition) is 1. The number of likely N-dealkylation sites (N-methyl/N-ethyl adjacent to an activating group) is 1. The summed E-state index contributed by atoms with van der Waals surface area (Å²) in [6.45, 7) is 14.6. The number of Topliss-reactive ketones (excluding diaryl/α,β-unsaturated/α-hetero) is 1. The van der Waals surface area contributed by atoms with Crippen LogP contribution in [0.25, 0.3) is 5.76 Å². The summed E-state index contributed by atoms with van der Waals surface area (Å²) < 4.78 is 11.6. The second-order valence-corrected chi connectivity index (χ2v) is 9.45. The van der Waals surface area contributed by atoms with E-state index in [-0.39, 0.29) is 23.5 Å². The van der Waals surface area contributed by atoms with Crippen molar-refractivity contribution in [2.45, 2.75) is 59.8 Å². The lowest BCUT2D eigenvalue weighted by atomic mass is 9.95. The fourth-order valence-corrected chi connectivity index (χ4v) is 4.40. The SMILES string of the molecule is CCN(CC)CCN1C(=O)C(=O)/C(=C(\O)c2ccc(OC(C)C)cc2)C1c1cccc(OC(C)C)c1. The number of benzene rings is 2. The first-order valence-corrected chi connectivity index (χ1v) is 12.7. The van der Waals surface area contributed by atoms with Crippen LogP contribution < -0.4 is 9.47 Å². The molecule has 1 atom stereocenters. The lowest BCUT2D eigenvalue weighted by molar-refractivity contribution is -0.140. The zero-order valence-corrected chi connectivity index (χ0v) is 22.2. The first-order chi connectivity index (χ1) is 17.2. The van der Waals surface area contributed by atoms with Gasteiger partial charge in [0.15, 0.2) is 0 Å². The minimum atomic E-state index is -0.720. The third-order valence-corrected chi connectivity index (χ3v) is 6.14. The third kappa shape index (κ3) is 6.26. The molecule has 0 aliphatic carbocycles. The largest absolute Gasteiger partial charge is 0.507 e. The number of aliphatic hydroxyl groups is 1. The number of rotatable bonds is 11. The van der Waals surface area contributed by atoms with E-state index in [4.69, 9.17) is 9.47 Å². The van der Waals surface area contributed by atoms with E-state index in [1.54, 1.807) is 29.2 Å². The van der Waals surface area contributed by atoms with E-state index in [0.717, 1.165) is 13.1 Å². The highest BCUT2D eigenvalue weighted by atomic mass is 16.5. The summed E-state index contributed by atoms with van der Waals surface area (Å²) in [4.78, 5) is 30.3. The van der Waals surface area contributed by atoms with Crippen molar-refractivity contribution in [1.29, 1.82) is 0 Å². The van der Waals surface area contributed by atoms with Crippen molar-refractivity contribution < 1.29 is 24.2 Å². The number of ether oxygens (including phenoxy) is 2. The van der Waals surface area contributed by atoms with Crippen molar-refractivity contribution in [3.05, 3.63) is 65.2 Å². The molecule has 2 aromatic rings. The summed E-state index contributed by atoms with van der Waals surface area (Å²) in [6.07, 6.45) is -0.0123. The predicted octanol–water partition coefficient (Wildman–Crippen LogP) is 5.02. The van der Waals surface area contributed by atoms with E-state index >= 15 is 0 Å². The molecule has 3 rings (SSSR count). The number of ketones is 1. The minimum Gasteiger partial charge on any atom is -0.507 e. The highest BCUT2D eigenvalue weighted by Gasteiger charge is 2.46. The fraction of sp³-hybridized carbons (Fsp3) is 0.448. The van der Waals surface area contributed by atoms with Crippen LogP contribution in [0.3, 0.4) is 0 Å². The molecule has 7 heteroatoms. The summed E-state index contributed by atoms with van der Waals surface area (Å²) in [7, 11) is 0. The Balaban J connectivity index is 2.08. The average molecular weight is 495 g/mol. The van der Waals surface area contributed by atoms with Crippen molar-refractivity contribution in [2.24, 2.45) is 0 Å². The van der Waals surface area contributed by atoms with Gasteiger partial charge in [-0.05, 0) is 82.7 Å². The van der Waals surface area contributed by atoms with Crippen molar-refractivity contribution in [3.63, 3.8) is 0 Å². The number of nitrogens with zero attached hydrogens (tertiary/aromatic N) is 2. The minimum absolute atomic E-state index is 0.0147. The fourth-order valence-electron chi connectivity index (χ4n) is 4.40. The van der Waals surface area contributed by atoms with Gasteiger partial charge < -0.3 is 24.4 Å². The molecule has 1 unspecified atom stereocenters. The summed E-state index contributed by atoms with van der Waals surface area (Å²) in [6, 6.07) is 13.6. The van der Waals surface area contributed by atoms with Crippen molar-refractivity contribution in [2.75, 3.05) is 26.2 Å². The highest BCUT2D eigenvalue weighted by Crippen LogP contribution is 2.40. The molecule has 0 bridgehead atoms. The maximum absolute atomic E-state index is 13.3. The highest BCUT2D eigenvalue weighted by molar-refractivity contribution is 6.46. The van der Waals surface area contributed by atoms with Gasteiger partial charge in [0.1, 0.15) is 17.3 Å². The maximum Gasteiger partial charge on any atom is 0.295 e. The van der Waals surface area contributed by atoms with Crippen LogP contribution in [-0.4, -0.2) is 65.0 Å². The number of carbonyl (C=O) groups is 2.